The summed E-state index contributed by atoms with van der Waals surface area (Å²) in [6.45, 7) is 11.4. The number of aldehydes is 1. The molecule has 1 fully saturated rings. The minimum Gasteiger partial charge on any atom is -0.411 e. The van der Waals surface area contributed by atoms with Crippen LogP contribution in [0.1, 0.15) is 52.9 Å². The molecule has 2 nitrogen and oxygen atoms in total. The highest BCUT2D eigenvalue weighted by Gasteiger charge is 2.28. The molecule has 109 valence electrons. The molecule has 2 atom stereocenters. The fraction of sp³-hybridized carbons (Fsp3) is 0.812. The summed E-state index contributed by atoms with van der Waals surface area (Å²) in [5.41, 5.74) is 1.59. The van der Waals surface area contributed by atoms with Crippen molar-refractivity contribution in [2.24, 2.45) is 11.3 Å². The van der Waals surface area contributed by atoms with E-state index in [1.807, 2.05) is 0 Å². The second-order valence-electron chi connectivity index (χ2n) is 6.92. The highest BCUT2D eigenvalue weighted by atomic mass is 28.3. The summed E-state index contributed by atoms with van der Waals surface area (Å²) >= 11 is 0. The molecule has 0 aromatic carbocycles. The first-order chi connectivity index (χ1) is 8.84. The minimum atomic E-state index is -0.721. The molecule has 0 heterocycles. The van der Waals surface area contributed by atoms with Gasteiger partial charge in [0, 0.05) is 0 Å². The first kappa shape index (κ1) is 16.6. The quantitative estimate of drug-likeness (QED) is 0.436. The fourth-order valence-electron chi connectivity index (χ4n) is 2.96. The Hall–Kier alpha value is -0.413. The van der Waals surface area contributed by atoms with Gasteiger partial charge in [0.25, 0.3) is 0 Å². The molecule has 1 radical (unpaired) electrons. The number of hydrogen-bond donors (Lipinski definition) is 0. The van der Waals surface area contributed by atoms with Crippen molar-refractivity contribution in [1.29, 1.82) is 0 Å². The lowest BCUT2D eigenvalue weighted by molar-refractivity contribution is -0.104. The van der Waals surface area contributed by atoms with E-state index < -0.39 is 9.04 Å². The third-order valence-electron chi connectivity index (χ3n) is 4.09. The van der Waals surface area contributed by atoms with Crippen LogP contribution < -0.4 is 0 Å². The molecule has 2 unspecified atom stereocenters. The maximum Gasteiger partial charge on any atom is 0.205 e. The summed E-state index contributed by atoms with van der Waals surface area (Å²) in [5, 5.41) is 0. The van der Waals surface area contributed by atoms with Crippen molar-refractivity contribution in [1.82, 2.24) is 0 Å². The Morgan fingerprint density at radius 2 is 1.89 bits per heavy atom. The van der Waals surface area contributed by atoms with E-state index in [9.17, 15) is 4.79 Å². The van der Waals surface area contributed by atoms with Crippen molar-refractivity contribution in [3.8, 4) is 0 Å². The van der Waals surface area contributed by atoms with Crippen LogP contribution in [0.3, 0.4) is 0 Å². The second kappa shape index (κ2) is 7.39. The van der Waals surface area contributed by atoms with Crippen LogP contribution in [0.2, 0.25) is 13.1 Å². The third-order valence-corrected chi connectivity index (χ3v) is 4.85. The van der Waals surface area contributed by atoms with Gasteiger partial charge >= 0.3 is 0 Å². The molecule has 19 heavy (non-hydrogen) atoms. The number of carbonyl (C=O) groups excluding carboxylic acids is 1. The van der Waals surface area contributed by atoms with Gasteiger partial charge in [-0.15, -0.1) is 0 Å². The zero-order chi connectivity index (χ0) is 14.5. The molecule has 0 N–H and O–H groups in total. The van der Waals surface area contributed by atoms with E-state index in [1.165, 1.54) is 24.8 Å². The van der Waals surface area contributed by atoms with Crippen molar-refractivity contribution in [3.63, 3.8) is 0 Å². The van der Waals surface area contributed by atoms with Gasteiger partial charge in [0.05, 0.1) is 6.10 Å². The van der Waals surface area contributed by atoms with E-state index in [1.54, 1.807) is 6.08 Å². The summed E-state index contributed by atoms with van der Waals surface area (Å²) in [6.07, 6.45) is 8.58. The third kappa shape index (κ3) is 5.61. The van der Waals surface area contributed by atoms with Gasteiger partial charge in [-0.25, -0.2) is 0 Å². The summed E-state index contributed by atoms with van der Waals surface area (Å²) in [5.74, 6) is 0.765. The topological polar surface area (TPSA) is 26.3 Å². The van der Waals surface area contributed by atoms with Crippen LogP contribution in [0.25, 0.3) is 0 Å². The predicted octanol–water partition coefficient (Wildman–Crippen LogP) is 4.37. The van der Waals surface area contributed by atoms with E-state index in [-0.39, 0.29) is 6.10 Å². The van der Waals surface area contributed by atoms with Gasteiger partial charge in [-0.2, -0.15) is 0 Å². The highest BCUT2D eigenvalue weighted by molar-refractivity contribution is 6.48. The molecule has 0 aliphatic heterocycles. The van der Waals surface area contributed by atoms with Crippen LogP contribution in [-0.2, 0) is 9.22 Å². The molecule has 0 bridgehead atoms. The first-order valence-corrected chi connectivity index (χ1v) is 9.86. The van der Waals surface area contributed by atoms with Gasteiger partial charge < -0.3 is 4.43 Å². The van der Waals surface area contributed by atoms with Crippen LogP contribution in [0.4, 0.5) is 0 Å². The van der Waals surface area contributed by atoms with Crippen molar-refractivity contribution in [2.75, 3.05) is 0 Å². The smallest absolute Gasteiger partial charge is 0.205 e. The molecule has 1 rings (SSSR count). The number of allylic oxidation sites excluding steroid dienone is 1. The molecule has 1 saturated carbocycles. The monoisotopic (exact) mass is 281 g/mol. The lowest BCUT2D eigenvalue weighted by Gasteiger charge is -2.35. The second-order valence-corrected chi connectivity index (χ2v) is 8.98. The molecule has 0 saturated heterocycles. The van der Waals surface area contributed by atoms with Gasteiger partial charge in [-0.05, 0) is 68.2 Å². The highest BCUT2D eigenvalue weighted by Crippen LogP contribution is 2.37. The SMILES string of the molecule is C[Si](C)OC1CCC(C(C)(C)C)CCCC1=CC=O. The molecule has 0 amide bonds. The zero-order valence-corrected chi connectivity index (χ0v) is 14.2. The average molecular weight is 281 g/mol. The molecule has 0 spiro atoms. The normalized spacial score (nSPS) is 28.2. The summed E-state index contributed by atoms with van der Waals surface area (Å²) in [6, 6.07) is 0. The Morgan fingerprint density at radius 1 is 1.21 bits per heavy atom. The van der Waals surface area contributed by atoms with Crippen molar-refractivity contribution in [2.45, 2.75) is 72.1 Å². The Bertz CT molecular complexity index is 315. The van der Waals surface area contributed by atoms with Gasteiger partial charge in [0.15, 0.2) is 0 Å². The van der Waals surface area contributed by atoms with Crippen LogP contribution in [0.15, 0.2) is 11.6 Å². The van der Waals surface area contributed by atoms with Crippen LogP contribution in [-0.4, -0.2) is 21.4 Å². The number of rotatable bonds is 3. The zero-order valence-electron chi connectivity index (χ0n) is 13.2. The Balaban J connectivity index is 2.77. The molecule has 1 aliphatic carbocycles. The lowest BCUT2D eigenvalue weighted by atomic mass is 9.73. The predicted molar refractivity (Wildman–Crippen MR) is 82.5 cm³/mol. The fourth-order valence-corrected chi connectivity index (χ4v) is 3.80. The summed E-state index contributed by atoms with van der Waals surface area (Å²) in [7, 11) is -0.721. The van der Waals surface area contributed by atoms with Gasteiger partial charge in [0.1, 0.15) is 6.29 Å². The van der Waals surface area contributed by atoms with Crippen molar-refractivity contribution >= 4 is 15.3 Å². The molecular weight excluding hydrogens is 252 g/mol. The maximum atomic E-state index is 10.8. The van der Waals surface area contributed by atoms with Crippen molar-refractivity contribution in [3.05, 3.63) is 11.6 Å². The Morgan fingerprint density at radius 3 is 2.42 bits per heavy atom. The van der Waals surface area contributed by atoms with Crippen LogP contribution in [0.5, 0.6) is 0 Å². The largest absolute Gasteiger partial charge is 0.411 e. The molecule has 0 aromatic heterocycles. The number of hydrogen-bond acceptors (Lipinski definition) is 2. The van der Waals surface area contributed by atoms with E-state index >= 15 is 0 Å². The van der Waals surface area contributed by atoms with Crippen LogP contribution >= 0.6 is 0 Å². The number of carbonyl (C=O) groups is 1. The minimum absolute atomic E-state index is 0.180. The van der Waals surface area contributed by atoms with Crippen molar-refractivity contribution < 1.29 is 9.22 Å². The Labute approximate surface area is 120 Å². The average Bonchev–Trinajstić information content (AvgIpc) is 2.25. The molecule has 0 aromatic rings. The molecular formula is C16H29O2Si. The molecule has 1 aliphatic rings. The molecule has 3 heteroatoms. The van der Waals surface area contributed by atoms with Crippen LogP contribution in [0, 0.1) is 11.3 Å². The van der Waals surface area contributed by atoms with E-state index in [2.05, 4.69) is 33.9 Å². The Kier molecular flexibility index (Phi) is 6.47. The van der Waals surface area contributed by atoms with E-state index in [0.29, 0.717) is 5.41 Å². The first-order valence-electron chi connectivity index (χ1n) is 7.45. The van der Waals surface area contributed by atoms with Gasteiger partial charge in [-0.1, -0.05) is 20.8 Å². The van der Waals surface area contributed by atoms with Gasteiger partial charge in [-0.3, -0.25) is 4.79 Å². The van der Waals surface area contributed by atoms with E-state index in [0.717, 1.165) is 25.0 Å². The standard InChI is InChI=1S/C16H29O2Si/c1-16(2,3)14-8-6-7-13(11-12-17)15(10-9-14)18-19(4)5/h11-12,14-15H,6-10H2,1-5H3. The summed E-state index contributed by atoms with van der Waals surface area (Å²) < 4.78 is 6.13. The van der Waals surface area contributed by atoms with E-state index in [4.69, 9.17) is 4.43 Å². The maximum absolute atomic E-state index is 10.8. The van der Waals surface area contributed by atoms with Gasteiger partial charge in [0.2, 0.25) is 9.04 Å². The lowest BCUT2D eigenvalue weighted by Crippen LogP contribution is -2.29. The summed E-state index contributed by atoms with van der Waals surface area (Å²) in [4.78, 5) is 10.8.